The van der Waals surface area contributed by atoms with Gasteiger partial charge in [-0.15, -0.1) is 0 Å². The lowest BCUT2D eigenvalue weighted by atomic mass is 9.94. The summed E-state index contributed by atoms with van der Waals surface area (Å²) in [7, 11) is 0. The van der Waals surface area contributed by atoms with Crippen LogP contribution in [0.4, 0.5) is 0 Å². The number of fused-ring (bicyclic) bond motifs is 1. The van der Waals surface area contributed by atoms with E-state index in [2.05, 4.69) is 5.32 Å². The van der Waals surface area contributed by atoms with Crippen LogP contribution >= 0.6 is 0 Å². The van der Waals surface area contributed by atoms with E-state index >= 15 is 0 Å². The second-order valence-corrected chi connectivity index (χ2v) is 2.98. The van der Waals surface area contributed by atoms with Gasteiger partial charge in [-0.3, -0.25) is 4.79 Å². The number of nitrogens with one attached hydrogen (secondary N) is 1. The summed E-state index contributed by atoms with van der Waals surface area (Å²) in [5.41, 5.74) is 1.08. The van der Waals surface area contributed by atoms with Gasteiger partial charge in [-0.1, -0.05) is 0 Å². The second-order valence-electron chi connectivity index (χ2n) is 2.98. The molecule has 0 radical (unpaired) electrons. The standard InChI is InChI=1S/C8H11NO2/c10-8-2-1-6-5-11-4-3-7(6)9-8/h3,6H,1-2,4-5H2,(H,9,10). The van der Waals surface area contributed by atoms with Crippen LogP contribution in [-0.4, -0.2) is 19.1 Å². The van der Waals surface area contributed by atoms with E-state index < -0.39 is 0 Å². The SMILES string of the molecule is O=C1CCC2COCC=C2N1. The van der Waals surface area contributed by atoms with E-state index in [4.69, 9.17) is 4.74 Å². The van der Waals surface area contributed by atoms with Gasteiger partial charge in [0.1, 0.15) is 0 Å². The molecule has 0 aromatic rings. The Morgan fingerprint density at radius 2 is 2.55 bits per heavy atom. The molecule has 3 nitrogen and oxygen atoms in total. The van der Waals surface area contributed by atoms with Gasteiger partial charge in [-0.05, 0) is 12.5 Å². The zero-order chi connectivity index (χ0) is 7.68. The zero-order valence-corrected chi connectivity index (χ0v) is 6.30. The number of hydrogen-bond acceptors (Lipinski definition) is 2. The van der Waals surface area contributed by atoms with E-state index in [0.717, 1.165) is 18.7 Å². The molecule has 1 saturated heterocycles. The minimum atomic E-state index is 0.148. The van der Waals surface area contributed by atoms with Crippen LogP contribution in [0.5, 0.6) is 0 Å². The van der Waals surface area contributed by atoms with E-state index in [1.165, 1.54) is 0 Å². The van der Waals surface area contributed by atoms with E-state index in [9.17, 15) is 4.79 Å². The first-order valence-electron chi connectivity index (χ1n) is 3.94. The first kappa shape index (κ1) is 6.85. The highest BCUT2D eigenvalue weighted by atomic mass is 16.5. The van der Waals surface area contributed by atoms with Crippen LogP contribution in [0.3, 0.4) is 0 Å². The highest BCUT2D eigenvalue weighted by Crippen LogP contribution is 2.22. The Kier molecular flexibility index (Phi) is 1.66. The summed E-state index contributed by atoms with van der Waals surface area (Å²) in [6, 6.07) is 0. The molecule has 2 rings (SSSR count). The number of carbonyl (C=O) groups is 1. The van der Waals surface area contributed by atoms with Crippen molar-refractivity contribution >= 4 is 5.91 Å². The Bertz CT molecular complexity index is 210. The third-order valence-electron chi connectivity index (χ3n) is 2.18. The largest absolute Gasteiger partial charge is 0.377 e. The van der Waals surface area contributed by atoms with Gasteiger partial charge in [0.25, 0.3) is 0 Å². The van der Waals surface area contributed by atoms with E-state index in [1.54, 1.807) is 0 Å². The molecule has 1 unspecified atom stereocenters. The fourth-order valence-corrected chi connectivity index (χ4v) is 1.54. The van der Waals surface area contributed by atoms with Gasteiger partial charge < -0.3 is 10.1 Å². The maximum atomic E-state index is 10.9. The Morgan fingerprint density at radius 1 is 1.64 bits per heavy atom. The number of rotatable bonds is 0. The lowest BCUT2D eigenvalue weighted by Crippen LogP contribution is -2.36. The van der Waals surface area contributed by atoms with Gasteiger partial charge in [0, 0.05) is 18.0 Å². The van der Waals surface area contributed by atoms with Gasteiger partial charge in [-0.25, -0.2) is 0 Å². The number of piperidine rings is 1. The van der Waals surface area contributed by atoms with Crippen molar-refractivity contribution in [2.24, 2.45) is 5.92 Å². The Morgan fingerprint density at radius 3 is 3.45 bits per heavy atom. The first-order valence-corrected chi connectivity index (χ1v) is 3.94. The highest BCUT2D eigenvalue weighted by Gasteiger charge is 2.24. The number of carbonyl (C=O) groups excluding carboxylic acids is 1. The number of hydrogen-bond donors (Lipinski definition) is 1. The van der Waals surface area contributed by atoms with Crippen molar-refractivity contribution in [3.8, 4) is 0 Å². The van der Waals surface area contributed by atoms with Crippen LogP contribution in [0.1, 0.15) is 12.8 Å². The molecule has 11 heavy (non-hydrogen) atoms. The van der Waals surface area contributed by atoms with Crippen molar-refractivity contribution in [2.45, 2.75) is 12.8 Å². The molecular weight excluding hydrogens is 142 g/mol. The molecule has 2 aliphatic rings. The summed E-state index contributed by atoms with van der Waals surface area (Å²) in [4.78, 5) is 10.9. The summed E-state index contributed by atoms with van der Waals surface area (Å²) in [5, 5.41) is 2.86. The number of ether oxygens (including phenoxy) is 1. The molecule has 2 aliphatic heterocycles. The normalized spacial score (nSPS) is 30.4. The van der Waals surface area contributed by atoms with Crippen molar-refractivity contribution in [2.75, 3.05) is 13.2 Å². The van der Waals surface area contributed by atoms with Gasteiger partial charge in [-0.2, -0.15) is 0 Å². The van der Waals surface area contributed by atoms with Gasteiger partial charge in [0.05, 0.1) is 13.2 Å². The molecule has 1 N–H and O–H groups in total. The minimum Gasteiger partial charge on any atom is -0.377 e. The van der Waals surface area contributed by atoms with Crippen molar-refractivity contribution in [1.82, 2.24) is 5.32 Å². The van der Waals surface area contributed by atoms with E-state index in [-0.39, 0.29) is 5.91 Å². The number of amides is 1. The molecule has 1 atom stereocenters. The smallest absolute Gasteiger partial charge is 0.224 e. The molecule has 1 amide bonds. The van der Waals surface area contributed by atoms with E-state index in [0.29, 0.717) is 18.9 Å². The molecule has 60 valence electrons. The summed E-state index contributed by atoms with van der Waals surface area (Å²) >= 11 is 0. The van der Waals surface area contributed by atoms with Crippen LogP contribution in [-0.2, 0) is 9.53 Å². The fraction of sp³-hybridized carbons (Fsp3) is 0.625. The van der Waals surface area contributed by atoms with Crippen LogP contribution in [0.2, 0.25) is 0 Å². The summed E-state index contributed by atoms with van der Waals surface area (Å²) in [6.07, 6.45) is 3.55. The fourth-order valence-electron chi connectivity index (χ4n) is 1.54. The van der Waals surface area contributed by atoms with Gasteiger partial charge in [0.15, 0.2) is 0 Å². The molecule has 0 bridgehead atoms. The lowest BCUT2D eigenvalue weighted by Gasteiger charge is -2.28. The quantitative estimate of drug-likeness (QED) is 0.548. The minimum absolute atomic E-state index is 0.148. The maximum absolute atomic E-state index is 10.9. The first-order chi connectivity index (χ1) is 5.36. The summed E-state index contributed by atoms with van der Waals surface area (Å²) in [6.45, 7) is 1.41. The average Bonchev–Trinajstić information content (AvgIpc) is 2.04. The third kappa shape index (κ3) is 1.28. The van der Waals surface area contributed by atoms with Gasteiger partial charge >= 0.3 is 0 Å². The van der Waals surface area contributed by atoms with Crippen molar-refractivity contribution in [1.29, 1.82) is 0 Å². The van der Waals surface area contributed by atoms with Crippen molar-refractivity contribution in [3.63, 3.8) is 0 Å². The summed E-state index contributed by atoms with van der Waals surface area (Å²) < 4.78 is 5.25. The Labute approximate surface area is 65.4 Å². The summed E-state index contributed by atoms with van der Waals surface area (Å²) in [5.74, 6) is 0.593. The van der Waals surface area contributed by atoms with Crippen molar-refractivity contribution in [3.05, 3.63) is 11.8 Å². The van der Waals surface area contributed by atoms with Crippen LogP contribution in [0, 0.1) is 5.92 Å². The van der Waals surface area contributed by atoms with Crippen LogP contribution in [0.25, 0.3) is 0 Å². The molecular formula is C8H11NO2. The van der Waals surface area contributed by atoms with Gasteiger partial charge in [0.2, 0.25) is 5.91 Å². The molecule has 0 aromatic carbocycles. The zero-order valence-electron chi connectivity index (χ0n) is 6.30. The van der Waals surface area contributed by atoms with Crippen LogP contribution < -0.4 is 5.32 Å². The Hall–Kier alpha value is -0.830. The van der Waals surface area contributed by atoms with E-state index in [1.807, 2.05) is 6.08 Å². The molecule has 3 heteroatoms. The topological polar surface area (TPSA) is 38.3 Å². The Balaban J connectivity index is 2.13. The maximum Gasteiger partial charge on any atom is 0.224 e. The highest BCUT2D eigenvalue weighted by molar-refractivity contribution is 5.79. The predicted molar refractivity (Wildman–Crippen MR) is 39.8 cm³/mol. The predicted octanol–water partition coefficient (Wildman–Crippen LogP) is 0.427. The molecule has 2 heterocycles. The molecule has 0 spiro atoms. The molecule has 0 aromatic heterocycles. The molecule has 0 saturated carbocycles. The average molecular weight is 153 g/mol. The molecule has 1 fully saturated rings. The van der Waals surface area contributed by atoms with Crippen LogP contribution in [0.15, 0.2) is 11.8 Å². The monoisotopic (exact) mass is 153 g/mol. The lowest BCUT2D eigenvalue weighted by molar-refractivity contribution is -0.122. The van der Waals surface area contributed by atoms with Crippen molar-refractivity contribution < 1.29 is 9.53 Å². The second kappa shape index (κ2) is 2.66. The third-order valence-corrected chi connectivity index (χ3v) is 2.18. The molecule has 0 aliphatic carbocycles.